The van der Waals surface area contributed by atoms with Gasteiger partial charge >= 0.3 is 0 Å². The van der Waals surface area contributed by atoms with Gasteiger partial charge < -0.3 is 20.7 Å². The normalized spacial score (nSPS) is 23.1. The second kappa shape index (κ2) is 18.1. The monoisotopic (exact) mass is 794 g/mol. The van der Waals surface area contributed by atoms with E-state index >= 15 is 0 Å². The van der Waals surface area contributed by atoms with Gasteiger partial charge in [-0.05, 0) is 105 Å². The zero-order valence-electron chi connectivity index (χ0n) is 33.1. The van der Waals surface area contributed by atoms with Crippen molar-refractivity contribution < 1.29 is 18.7 Å². The summed E-state index contributed by atoms with van der Waals surface area (Å²) in [5.74, 6) is 1.66. The van der Waals surface area contributed by atoms with E-state index in [1.807, 2.05) is 40.7 Å². The summed E-state index contributed by atoms with van der Waals surface area (Å²) in [5, 5.41) is 14.4. The van der Waals surface area contributed by atoms with Crippen molar-refractivity contribution in [1.82, 2.24) is 40.5 Å². The van der Waals surface area contributed by atoms with Crippen molar-refractivity contribution in [1.29, 1.82) is 0 Å². The minimum absolute atomic E-state index is 0.00168. The first kappa shape index (κ1) is 39.5. The minimum atomic E-state index is -0.612. The van der Waals surface area contributed by atoms with Crippen molar-refractivity contribution in [2.75, 3.05) is 37.7 Å². The van der Waals surface area contributed by atoms with Crippen LogP contribution in [0.5, 0.6) is 11.6 Å². The molecule has 57 heavy (non-hydrogen) atoms. The van der Waals surface area contributed by atoms with Crippen molar-refractivity contribution in [3.8, 4) is 22.8 Å². The lowest BCUT2D eigenvalue weighted by atomic mass is 9.91. The van der Waals surface area contributed by atoms with Gasteiger partial charge in [0.15, 0.2) is 0 Å². The van der Waals surface area contributed by atoms with E-state index in [0.29, 0.717) is 36.4 Å². The molecular weight excluding hydrogens is 740 g/mol. The van der Waals surface area contributed by atoms with Gasteiger partial charge in [0, 0.05) is 87.2 Å². The lowest BCUT2D eigenvalue weighted by Crippen LogP contribution is -2.53. The molecule has 2 aromatic carbocycles. The van der Waals surface area contributed by atoms with Crippen LogP contribution in [-0.4, -0.2) is 98.2 Å². The van der Waals surface area contributed by atoms with Gasteiger partial charge in [0.1, 0.15) is 22.8 Å². The number of rotatable bonds is 11. The van der Waals surface area contributed by atoms with Crippen LogP contribution in [-0.2, 0) is 26.1 Å². The van der Waals surface area contributed by atoms with Gasteiger partial charge in [0.2, 0.25) is 5.88 Å². The Balaban J connectivity index is 0.930. The third-order valence-electron chi connectivity index (χ3n) is 11.7. The molecule has 1 unspecified atom stereocenters. The first-order chi connectivity index (χ1) is 27.7. The van der Waals surface area contributed by atoms with Gasteiger partial charge in [-0.2, -0.15) is 16.9 Å². The van der Waals surface area contributed by atoms with Crippen molar-refractivity contribution >= 4 is 23.6 Å². The number of halogens is 1. The number of hydrogen-bond donors (Lipinski definition) is 3. The summed E-state index contributed by atoms with van der Waals surface area (Å²) in [7, 11) is 0. The standard InChI is InChI=1S/C44H55FN8O3S/c1-29-25-52(26-30(2)47-29)27-31-9-14-39(33(20-31)28-51-16-18-57-19-17-51)32-6-5-8-38(21-32)56-44-40(22-34(45)24-46-44)42(54)48-35-10-12-36(13-11-35)49-43(55)41-23-37-7-3-4-15-53(37)50-41/h5-6,8-9,14,20-24,29-30,35-36,47H,3-4,7,10-13,15-19,25-28H2,1-2H3,(H,48,54)(H,49,55)/t29-,30?,35-,36-/m0/s1. The lowest BCUT2D eigenvalue weighted by molar-refractivity contribution is 0.0887. The fraction of sp³-hybridized carbons (Fsp3) is 0.500. The van der Waals surface area contributed by atoms with Crippen LogP contribution in [0, 0.1) is 5.82 Å². The molecule has 1 saturated carbocycles. The van der Waals surface area contributed by atoms with Gasteiger partial charge in [-0.3, -0.25) is 24.1 Å². The van der Waals surface area contributed by atoms with Crippen molar-refractivity contribution in [3.05, 3.63) is 94.7 Å². The smallest absolute Gasteiger partial charge is 0.272 e. The third-order valence-corrected chi connectivity index (χ3v) is 12.6. The first-order valence-corrected chi connectivity index (χ1v) is 21.9. The molecule has 3 N–H and O–H groups in total. The highest BCUT2D eigenvalue weighted by Gasteiger charge is 2.28. The maximum Gasteiger partial charge on any atom is 0.272 e. The second-order valence-electron chi connectivity index (χ2n) is 16.4. The molecule has 0 radical (unpaired) electrons. The Labute approximate surface area is 339 Å². The first-order valence-electron chi connectivity index (χ1n) is 20.7. The molecule has 13 heteroatoms. The van der Waals surface area contributed by atoms with Crippen LogP contribution in [0.2, 0.25) is 0 Å². The molecule has 4 aliphatic rings. The Morgan fingerprint density at radius 1 is 0.877 bits per heavy atom. The average Bonchev–Trinajstić information content (AvgIpc) is 3.65. The Hall–Kier alpha value is -4.30. The summed E-state index contributed by atoms with van der Waals surface area (Å²) in [5.41, 5.74) is 6.38. The molecule has 2 amide bonds. The van der Waals surface area contributed by atoms with Gasteiger partial charge in [-0.1, -0.05) is 30.3 Å². The van der Waals surface area contributed by atoms with Gasteiger partial charge in [0.05, 0.1) is 6.20 Å². The Bertz CT molecular complexity index is 2010. The van der Waals surface area contributed by atoms with Crippen LogP contribution >= 0.6 is 11.8 Å². The number of pyridine rings is 1. The molecule has 2 aromatic heterocycles. The molecule has 2 saturated heterocycles. The molecule has 0 spiro atoms. The van der Waals surface area contributed by atoms with Gasteiger partial charge in [0.25, 0.3) is 11.8 Å². The summed E-state index contributed by atoms with van der Waals surface area (Å²) in [6.07, 6.45) is 7.04. The molecule has 3 fully saturated rings. The van der Waals surface area contributed by atoms with E-state index in [2.05, 4.69) is 73.9 Å². The number of nitrogens with zero attached hydrogens (tertiary/aromatic N) is 5. The van der Waals surface area contributed by atoms with Crippen LogP contribution < -0.4 is 20.7 Å². The summed E-state index contributed by atoms with van der Waals surface area (Å²) in [6.45, 7) is 11.3. The fourth-order valence-electron chi connectivity index (χ4n) is 8.93. The number of carbonyl (C=O) groups is 2. The Morgan fingerprint density at radius 2 is 1.63 bits per heavy atom. The van der Waals surface area contributed by atoms with Crippen LogP contribution in [0.4, 0.5) is 4.39 Å². The zero-order valence-corrected chi connectivity index (χ0v) is 34.0. The number of aryl methyl sites for hydroxylation is 2. The second-order valence-corrected chi connectivity index (χ2v) is 17.6. The van der Waals surface area contributed by atoms with Crippen molar-refractivity contribution in [2.24, 2.45) is 0 Å². The van der Waals surface area contributed by atoms with E-state index in [0.717, 1.165) is 112 Å². The largest absolute Gasteiger partial charge is 0.438 e. The fourth-order valence-corrected chi connectivity index (χ4v) is 9.91. The predicted molar refractivity (Wildman–Crippen MR) is 222 cm³/mol. The molecule has 8 rings (SSSR count). The topological polar surface area (TPSA) is 117 Å². The minimum Gasteiger partial charge on any atom is -0.438 e. The number of nitrogens with one attached hydrogen (secondary N) is 3. The Kier molecular flexibility index (Phi) is 12.5. The van der Waals surface area contributed by atoms with E-state index in [9.17, 15) is 14.0 Å². The van der Waals surface area contributed by atoms with Gasteiger partial charge in [-0.15, -0.1) is 0 Å². The van der Waals surface area contributed by atoms with E-state index in [-0.39, 0.29) is 29.4 Å². The molecular formula is C44H55FN8O3S. The quantitative estimate of drug-likeness (QED) is 0.158. The average molecular weight is 795 g/mol. The SMILES string of the molecule is CC1CN(Cc2ccc(-c3cccc(Oc4ncc(F)cc4C(=O)N[C@H]4CC[C@H](NC(=O)c5cc6n(n5)CCCC6)CC4)c3)c(CN3CCSCC3)c2)C[C@H](C)N1. The highest BCUT2D eigenvalue weighted by atomic mass is 32.2. The number of thioether (sulfide) groups is 1. The highest BCUT2D eigenvalue weighted by molar-refractivity contribution is 7.99. The molecule has 2 atom stereocenters. The van der Waals surface area contributed by atoms with E-state index < -0.39 is 11.7 Å². The summed E-state index contributed by atoms with van der Waals surface area (Å²) >= 11 is 2.01. The molecule has 11 nitrogen and oxygen atoms in total. The van der Waals surface area contributed by atoms with Crippen LogP contribution in [0.15, 0.2) is 60.8 Å². The molecule has 1 aliphatic carbocycles. The van der Waals surface area contributed by atoms with E-state index in [1.165, 1.54) is 17.2 Å². The zero-order chi connectivity index (χ0) is 39.3. The Morgan fingerprint density at radius 3 is 2.39 bits per heavy atom. The number of piperazine rings is 1. The maximum absolute atomic E-state index is 14.6. The highest BCUT2D eigenvalue weighted by Crippen LogP contribution is 2.33. The van der Waals surface area contributed by atoms with Gasteiger partial charge in [-0.25, -0.2) is 9.37 Å². The predicted octanol–water partition coefficient (Wildman–Crippen LogP) is 6.41. The van der Waals surface area contributed by atoms with E-state index in [1.54, 1.807) is 0 Å². The molecule has 5 heterocycles. The van der Waals surface area contributed by atoms with Crippen LogP contribution in [0.1, 0.15) is 90.0 Å². The van der Waals surface area contributed by atoms with Crippen molar-refractivity contribution in [2.45, 2.75) is 103 Å². The number of benzene rings is 2. The third kappa shape index (κ3) is 10.1. The molecule has 4 aromatic rings. The number of carbonyl (C=O) groups excluding carboxylic acids is 2. The summed E-state index contributed by atoms with van der Waals surface area (Å²) < 4.78 is 22.8. The molecule has 302 valence electrons. The molecule has 0 bridgehead atoms. The maximum atomic E-state index is 14.6. The number of aromatic nitrogens is 3. The summed E-state index contributed by atoms with van der Waals surface area (Å²) in [4.78, 5) is 35.9. The summed E-state index contributed by atoms with van der Waals surface area (Å²) in [6, 6.07) is 18.6. The van der Waals surface area contributed by atoms with E-state index in [4.69, 9.17) is 4.74 Å². The van der Waals surface area contributed by atoms with Crippen LogP contribution in [0.25, 0.3) is 11.1 Å². The van der Waals surface area contributed by atoms with Crippen LogP contribution in [0.3, 0.4) is 0 Å². The lowest BCUT2D eigenvalue weighted by Gasteiger charge is -2.36. The number of amides is 2. The number of hydrogen-bond acceptors (Lipinski definition) is 9. The number of fused-ring (bicyclic) bond motifs is 1. The van der Waals surface area contributed by atoms with Crippen molar-refractivity contribution in [3.63, 3.8) is 0 Å². The number of ether oxygens (including phenoxy) is 1. The molecule has 3 aliphatic heterocycles.